The number of halogens is 2. The van der Waals surface area contributed by atoms with Gasteiger partial charge >= 0.3 is 0 Å². The van der Waals surface area contributed by atoms with E-state index in [-0.39, 0.29) is 11.5 Å². The molecule has 4 fully saturated rings. The third-order valence-corrected chi connectivity index (χ3v) is 10.7. The molecule has 4 aliphatic rings. The quantitative estimate of drug-likeness (QED) is 0.498. The van der Waals surface area contributed by atoms with Crippen molar-refractivity contribution in [3.63, 3.8) is 0 Å². The van der Waals surface area contributed by atoms with Crippen LogP contribution >= 0.6 is 23.2 Å². The molecule has 164 valence electrons. The molecule has 30 heavy (non-hydrogen) atoms. The fourth-order valence-electron chi connectivity index (χ4n) is 8.07. The summed E-state index contributed by atoms with van der Waals surface area (Å²) in [5.74, 6) is 2.59. The summed E-state index contributed by atoms with van der Waals surface area (Å²) in [6, 6.07) is 5.72. The van der Waals surface area contributed by atoms with Gasteiger partial charge in [-0.25, -0.2) is 0 Å². The Labute approximate surface area is 190 Å². The van der Waals surface area contributed by atoms with E-state index in [1.807, 2.05) is 18.2 Å². The summed E-state index contributed by atoms with van der Waals surface area (Å²) in [7, 11) is 0. The molecule has 0 heterocycles. The van der Waals surface area contributed by atoms with Crippen LogP contribution in [0.5, 0.6) is 0 Å². The zero-order chi connectivity index (χ0) is 21.3. The lowest BCUT2D eigenvalue weighted by Crippen LogP contribution is -2.54. The second-order valence-electron chi connectivity index (χ2n) is 11.1. The smallest absolute Gasteiger partial charge is 0.0809 e. The van der Waals surface area contributed by atoms with Crippen molar-refractivity contribution in [1.29, 1.82) is 0 Å². The Morgan fingerprint density at radius 2 is 1.73 bits per heavy atom. The standard InChI is InChI=1S/C26H34Cl2O2/c1-25-10-8-18(29)14-17(25)6-7-19-20(25)9-11-26(2)21(19)13-16(24(26)30)12-15-4-3-5-22(27)23(15)28/h3-5,12,17-21,24,29-30H,6-11,13-14H2,1-2H3/b16-12-/t17-,18-,19-,20+,21+,24+,25-,26+/m0/s1. The third-order valence-electron chi connectivity index (χ3n) is 9.83. The molecule has 4 saturated carbocycles. The maximum atomic E-state index is 11.4. The molecule has 1 aromatic carbocycles. The van der Waals surface area contributed by atoms with Crippen LogP contribution in [0.15, 0.2) is 23.8 Å². The van der Waals surface area contributed by atoms with Gasteiger partial charge in [0.2, 0.25) is 0 Å². The SMILES string of the molecule is C[C@]12CC[C@H](O)C[C@@H]1CC[C@H]1[C@H]2CC[C@@]2(C)[C@H](O)/C(=C\c3cccc(Cl)c3Cl)C[C@H]12. The van der Waals surface area contributed by atoms with E-state index in [1.54, 1.807) is 0 Å². The van der Waals surface area contributed by atoms with Crippen LogP contribution in [0.25, 0.3) is 6.08 Å². The maximum Gasteiger partial charge on any atom is 0.0809 e. The van der Waals surface area contributed by atoms with Gasteiger partial charge in [0.1, 0.15) is 0 Å². The van der Waals surface area contributed by atoms with Gasteiger partial charge in [0.05, 0.1) is 22.3 Å². The lowest BCUT2D eigenvalue weighted by molar-refractivity contribution is -0.133. The predicted molar refractivity (Wildman–Crippen MR) is 124 cm³/mol. The van der Waals surface area contributed by atoms with Crippen LogP contribution < -0.4 is 0 Å². The van der Waals surface area contributed by atoms with Gasteiger partial charge in [-0.1, -0.05) is 55.3 Å². The van der Waals surface area contributed by atoms with Gasteiger partial charge in [0.25, 0.3) is 0 Å². The molecule has 0 aromatic heterocycles. The summed E-state index contributed by atoms with van der Waals surface area (Å²) in [5.41, 5.74) is 2.35. The number of fused-ring (bicyclic) bond motifs is 5. The van der Waals surface area contributed by atoms with Gasteiger partial charge in [-0.15, -0.1) is 0 Å². The Morgan fingerprint density at radius 1 is 0.967 bits per heavy atom. The summed E-state index contributed by atoms with van der Waals surface area (Å²) in [6.45, 7) is 4.83. The van der Waals surface area contributed by atoms with Crippen LogP contribution in [-0.2, 0) is 0 Å². The third kappa shape index (κ3) is 3.12. The lowest BCUT2D eigenvalue weighted by Gasteiger charge is -2.60. The minimum Gasteiger partial charge on any atom is -0.393 e. The van der Waals surface area contributed by atoms with Crippen molar-refractivity contribution in [2.24, 2.45) is 34.5 Å². The van der Waals surface area contributed by atoms with E-state index in [2.05, 4.69) is 19.9 Å². The minimum absolute atomic E-state index is 0.0462. The molecule has 2 N–H and O–H groups in total. The van der Waals surface area contributed by atoms with Crippen molar-refractivity contribution in [3.8, 4) is 0 Å². The van der Waals surface area contributed by atoms with Gasteiger partial charge < -0.3 is 10.2 Å². The first kappa shape index (κ1) is 21.3. The molecule has 0 bridgehead atoms. The van der Waals surface area contributed by atoms with Crippen molar-refractivity contribution in [1.82, 2.24) is 0 Å². The van der Waals surface area contributed by atoms with Crippen LogP contribution in [0.1, 0.15) is 70.8 Å². The molecular weight excluding hydrogens is 415 g/mol. The summed E-state index contributed by atoms with van der Waals surface area (Å²) in [6.07, 6.45) is 10.4. The molecule has 5 rings (SSSR count). The second-order valence-corrected chi connectivity index (χ2v) is 11.9. The molecule has 4 aliphatic carbocycles. The highest BCUT2D eigenvalue weighted by atomic mass is 35.5. The maximum absolute atomic E-state index is 11.4. The highest BCUT2D eigenvalue weighted by Crippen LogP contribution is 2.67. The summed E-state index contributed by atoms with van der Waals surface area (Å²) < 4.78 is 0. The van der Waals surface area contributed by atoms with Crippen molar-refractivity contribution in [2.45, 2.75) is 77.4 Å². The van der Waals surface area contributed by atoms with Crippen LogP contribution in [0.4, 0.5) is 0 Å². The fourth-order valence-corrected chi connectivity index (χ4v) is 8.43. The van der Waals surface area contributed by atoms with Gasteiger partial charge in [0, 0.05) is 5.41 Å². The Kier molecular flexibility index (Phi) is 5.33. The molecule has 0 saturated heterocycles. The topological polar surface area (TPSA) is 40.5 Å². The van der Waals surface area contributed by atoms with Crippen LogP contribution in [0.3, 0.4) is 0 Å². The summed E-state index contributed by atoms with van der Waals surface area (Å²) in [5, 5.41) is 22.8. The molecule has 2 nitrogen and oxygen atoms in total. The first-order chi connectivity index (χ1) is 14.2. The number of rotatable bonds is 1. The largest absolute Gasteiger partial charge is 0.393 e. The molecule has 0 radical (unpaired) electrons. The molecule has 1 aromatic rings. The zero-order valence-corrected chi connectivity index (χ0v) is 19.6. The van der Waals surface area contributed by atoms with Crippen LogP contribution in [0, 0.1) is 34.5 Å². The number of aliphatic hydroxyl groups excluding tert-OH is 2. The Morgan fingerprint density at radius 3 is 2.53 bits per heavy atom. The number of aliphatic hydroxyl groups is 2. The molecule has 4 heteroatoms. The van der Waals surface area contributed by atoms with E-state index < -0.39 is 6.10 Å². The van der Waals surface area contributed by atoms with Crippen molar-refractivity contribution >= 4 is 29.3 Å². The summed E-state index contributed by atoms with van der Waals surface area (Å²) in [4.78, 5) is 0. The van der Waals surface area contributed by atoms with E-state index in [1.165, 1.54) is 19.3 Å². The average Bonchev–Trinajstić information content (AvgIpc) is 2.97. The van der Waals surface area contributed by atoms with Crippen molar-refractivity contribution < 1.29 is 10.2 Å². The number of hydrogen-bond donors (Lipinski definition) is 2. The zero-order valence-electron chi connectivity index (χ0n) is 18.1. The van der Waals surface area contributed by atoms with Crippen molar-refractivity contribution in [2.75, 3.05) is 0 Å². The predicted octanol–water partition coefficient (Wildman–Crippen LogP) is 6.75. The number of hydrogen-bond acceptors (Lipinski definition) is 2. The van der Waals surface area contributed by atoms with Gasteiger partial charge in [-0.05, 0) is 97.7 Å². The number of benzene rings is 1. The average molecular weight is 449 g/mol. The van der Waals surface area contributed by atoms with Crippen LogP contribution in [0.2, 0.25) is 10.0 Å². The van der Waals surface area contributed by atoms with E-state index in [0.717, 1.165) is 49.2 Å². The first-order valence-corrected chi connectivity index (χ1v) is 12.5. The van der Waals surface area contributed by atoms with E-state index >= 15 is 0 Å². The lowest BCUT2D eigenvalue weighted by atomic mass is 9.45. The normalized spacial score (nSPS) is 46.9. The van der Waals surface area contributed by atoms with Gasteiger partial charge in [-0.2, -0.15) is 0 Å². The minimum atomic E-state index is -0.405. The Hall–Kier alpha value is -0.540. The summed E-state index contributed by atoms with van der Waals surface area (Å²) >= 11 is 12.7. The first-order valence-electron chi connectivity index (χ1n) is 11.7. The van der Waals surface area contributed by atoms with E-state index in [9.17, 15) is 10.2 Å². The molecule has 8 atom stereocenters. The second kappa shape index (κ2) is 7.51. The molecular formula is C26H34Cl2O2. The highest BCUT2D eigenvalue weighted by molar-refractivity contribution is 6.42. The van der Waals surface area contributed by atoms with Gasteiger partial charge in [-0.3, -0.25) is 0 Å². The van der Waals surface area contributed by atoms with E-state index in [0.29, 0.717) is 33.2 Å². The highest BCUT2D eigenvalue weighted by Gasteiger charge is 2.61. The van der Waals surface area contributed by atoms with Crippen LogP contribution in [-0.4, -0.2) is 22.4 Å². The molecule has 0 spiro atoms. The molecule has 0 aliphatic heterocycles. The fraction of sp³-hybridized carbons (Fsp3) is 0.692. The van der Waals surface area contributed by atoms with Crippen molar-refractivity contribution in [3.05, 3.63) is 39.4 Å². The monoisotopic (exact) mass is 448 g/mol. The molecule has 0 unspecified atom stereocenters. The van der Waals surface area contributed by atoms with Gasteiger partial charge in [0.15, 0.2) is 0 Å². The van der Waals surface area contributed by atoms with E-state index in [4.69, 9.17) is 23.2 Å². The Balaban J connectivity index is 1.46. The molecule has 0 amide bonds. The Bertz CT molecular complexity index is 867.